The maximum absolute atomic E-state index is 12.8. The van der Waals surface area contributed by atoms with E-state index in [-0.39, 0.29) is 11.5 Å². The standard InChI is InChI=1S/C16H23N3O/c1-12-8-10-17-15(18-12)16(2)9-5-11-19(16)14(20)13-6-3-4-7-13/h8,10,13H,3-7,9,11H2,1-2H3. The van der Waals surface area contributed by atoms with Gasteiger partial charge < -0.3 is 4.90 Å². The zero-order valence-corrected chi connectivity index (χ0v) is 12.4. The number of aromatic nitrogens is 2. The maximum atomic E-state index is 12.8. The minimum absolute atomic E-state index is 0.234. The molecule has 1 atom stereocenters. The molecular weight excluding hydrogens is 250 g/mol. The molecule has 1 unspecified atom stereocenters. The molecule has 20 heavy (non-hydrogen) atoms. The SMILES string of the molecule is Cc1ccnc(C2(C)CCCN2C(=O)C2CCCC2)n1. The molecule has 2 heterocycles. The van der Waals surface area contributed by atoms with Crippen LogP contribution in [0.5, 0.6) is 0 Å². The molecule has 0 spiro atoms. The molecule has 4 nitrogen and oxygen atoms in total. The van der Waals surface area contributed by atoms with Crippen LogP contribution in [-0.4, -0.2) is 27.3 Å². The number of hydrogen-bond acceptors (Lipinski definition) is 3. The van der Waals surface area contributed by atoms with Gasteiger partial charge in [-0.2, -0.15) is 0 Å². The molecule has 3 rings (SSSR count). The smallest absolute Gasteiger partial charge is 0.226 e. The van der Waals surface area contributed by atoms with Crippen LogP contribution in [0.4, 0.5) is 0 Å². The van der Waals surface area contributed by atoms with Crippen LogP contribution in [0.2, 0.25) is 0 Å². The Labute approximate surface area is 120 Å². The highest BCUT2D eigenvalue weighted by atomic mass is 16.2. The summed E-state index contributed by atoms with van der Waals surface area (Å²) in [5.41, 5.74) is 0.655. The molecule has 0 aromatic carbocycles. The number of amides is 1. The number of carbonyl (C=O) groups is 1. The highest BCUT2D eigenvalue weighted by Crippen LogP contribution is 2.39. The molecule has 1 saturated heterocycles. The van der Waals surface area contributed by atoms with Crippen LogP contribution in [0.1, 0.15) is 57.0 Å². The van der Waals surface area contributed by atoms with Crippen LogP contribution < -0.4 is 0 Å². The Bertz CT molecular complexity index is 510. The minimum Gasteiger partial charge on any atom is -0.330 e. The zero-order valence-electron chi connectivity index (χ0n) is 12.4. The van der Waals surface area contributed by atoms with E-state index in [1.54, 1.807) is 6.20 Å². The first-order chi connectivity index (χ1) is 9.61. The number of hydrogen-bond donors (Lipinski definition) is 0. The fourth-order valence-corrected chi connectivity index (χ4v) is 3.65. The van der Waals surface area contributed by atoms with Crippen molar-refractivity contribution in [3.05, 3.63) is 23.8 Å². The number of likely N-dealkylation sites (tertiary alicyclic amines) is 1. The monoisotopic (exact) mass is 273 g/mol. The Morgan fingerprint density at radius 3 is 2.80 bits per heavy atom. The molecule has 1 aromatic heterocycles. The van der Waals surface area contributed by atoms with E-state index in [9.17, 15) is 4.79 Å². The average Bonchev–Trinajstić information content (AvgIpc) is 3.08. The molecule has 0 radical (unpaired) electrons. The van der Waals surface area contributed by atoms with Gasteiger partial charge in [0.05, 0.1) is 5.54 Å². The summed E-state index contributed by atoms with van der Waals surface area (Å²) in [4.78, 5) is 23.9. The van der Waals surface area contributed by atoms with Crippen molar-refractivity contribution < 1.29 is 4.79 Å². The molecule has 2 aliphatic rings. The van der Waals surface area contributed by atoms with Crippen molar-refractivity contribution in [1.82, 2.24) is 14.9 Å². The van der Waals surface area contributed by atoms with Crippen molar-refractivity contribution in [1.29, 1.82) is 0 Å². The van der Waals surface area contributed by atoms with Crippen LogP contribution >= 0.6 is 0 Å². The lowest BCUT2D eigenvalue weighted by molar-refractivity contribution is -0.139. The predicted octanol–water partition coefficient (Wildman–Crippen LogP) is 2.81. The molecule has 0 N–H and O–H groups in total. The predicted molar refractivity (Wildman–Crippen MR) is 77.0 cm³/mol. The first-order valence-electron chi connectivity index (χ1n) is 7.73. The second-order valence-corrected chi connectivity index (χ2v) is 6.37. The fourth-order valence-electron chi connectivity index (χ4n) is 3.65. The molecule has 4 heteroatoms. The summed E-state index contributed by atoms with van der Waals surface area (Å²) in [5.74, 6) is 1.37. The highest BCUT2D eigenvalue weighted by Gasteiger charge is 2.45. The first kappa shape index (κ1) is 13.5. The first-order valence-corrected chi connectivity index (χ1v) is 7.73. The average molecular weight is 273 g/mol. The molecular formula is C16H23N3O. The largest absolute Gasteiger partial charge is 0.330 e. The number of carbonyl (C=O) groups excluding carboxylic acids is 1. The van der Waals surface area contributed by atoms with E-state index < -0.39 is 0 Å². The lowest BCUT2D eigenvalue weighted by Crippen LogP contribution is -2.46. The molecule has 1 amide bonds. The van der Waals surface area contributed by atoms with E-state index in [1.807, 2.05) is 13.0 Å². The molecule has 0 bridgehead atoms. The minimum atomic E-state index is -0.314. The van der Waals surface area contributed by atoms with E-state index in [0.717, 1.165) is 43.7 Å². The zero-order chi connectivity index (χ0) is 14.2. The third-order valence-electron chi connectivity index (χ3n) is 4.89. The van der Waals surface area contributed by atoms with Crippen molar-refractivity contribution in [2.45, 2.75) is 57.9 Å². The lowest BCUT2D eigenvalue weighted by atomic mass is 9.95. The van der Waals surface area contributed by atoms with Crippen molar-refractivity contribution in [3.8, 4) is 0 Å². The van der Waals surface area contributed by atoms with Crippen LogP contribution in [0.3, 0.4) is 0 Å². The Balaban J connectivity index is 1.88. The van der Waals surface area contributed by atoms with E-state index in [1.165, 1.54) is 12.8 Å². The maximum Gasteiger partial charge on any atom is 0.226 e. The molecule has 108 valence electrons. The van der Waals surface area contributed by atoms with Gasteiger partial charge in [-0.05, 0) is 45.6 Å². The normalized spacial score (nSPS) is 27.2. The summed E-state index contributed by atoms with van der Waals surface area (Å²) < 4.78 is 0. The van der Waals surface area contributed by atoms with Crippen molar-refractivity contribution in [2.24, 2.45) is 5.92 Å². The van der Waals surface area contributed by atoms with Crippen molar-refractivity contribution in [2.75, 3.05) is 6.54 Å². The quantitative estimate of drug-likeness (QED) is 0.832. The van der Waals surface area contributed by atoms with Crippen LogP contribution in [0.15, 0.2) is 12.3 Å². The van der Waals surface area contributed by atoms with E-state index >= 15 is 0 Å². The second kappa shape index (κ2) is 5.15. The van der Waals surface area contributed by atoms with Gasteiger partial charge in [0.2, 0.25) is 5.91 Å². The molecule has 1 aromatic rings. The van der Waals surface area contributed by atoms with Gasteiger partial charge in [0.1, 0.15) is 0 Å². The molecule has 1 saturated carbocycles. The topological polar surface area (TPSA) is 46.1 Å². The number of aryl methyl sites for hydroxylation is 1. The third-order valence-corrected chi connectivity index (χ3v) is 4.89. The summed E-state index contributed by atoms with van der Waals surface area (Å²) in [6.45, 7) is 4.96. The van der Waals surface area contributed by atoms with Gasteiger partial charge in [-0.25, -0.2) is 9.97 Å². The summed E-state index contributed by atoms with van der Waals surface area (Å²) in [6, 6.07) is 1.91. The van der Waals surface area contributed by atoms with E-state index in [0.29, 0.717) is 5.91 Å². The lowest BCUT2D eigenvalue weighted by Gasteiger charge is -2.35. The summed E-state index contributed by atoms with van der Waals surface area (Å²) in [5, 5.41) is 0. The van der Waals surface area contributed by atoms with E-state index in [2.05, 4.69) is 21.8 Å². The van der Waals surface area contributed by atoms with Crippen molar-refractivity contribution in [3.63, 3.8) is 0 Å². The van der Waals surface area contributed by atoms with Crippen LogP contribution in [-0.2, 0) is 10.3 Å². The summed E-state index contributed by atoms with van der Waals surface area (Å²) >= 11 is 0. The van der Waals surface area contributed by atoms with Gasteiger partial charge in [0.15, 0.2) is 5.82 Å². The van der Waals surface area contributed by atoms with Gasteiger partial charge in [0.25, 0.3) is 0 Å². The van der Waals surface area contributed by atoms with Gasteiger partial charge >= 0.3 is 0 Å². The van der Waals surface area contributed by atoms with Crippen LogP contribution in [0.25, 0.3) is 0 Å². The van der Waals surface area contributed by atoms with Gasteiger partial charge in [0, 0.05) is 24.4 Å². The second-order valence-electron chi connectivity index (χ2n) is 6.37. The van der Waals surface area contributed by atoms with E-state index in [4.69, 9.17) is 0 Å². The summed E-state index contributed by atoms with van der Waals surface area (Å²) in [6.07, 6.45) is 8.32. The summed E-state index contributed by atoms with van der Waals surface area (Å²) in [7, 11) is 0. The highest BCUT2D eigenvalue weighted by molar-refractivity contribution is 5.80. The Kier molecular flexibility index (Phi) is 3.48. The fraction of sp³-hybridized carbons (Fsp3) is 0.688. The Morgan fingerprint density at radius 1 is 1.35 bits per heavy atom. The van der Waals surface area contributed by atoms with Crippen molar-refractivity contribution >= 4 is 5.91 Å². The van der Waals surface area contributed by atoms with Gasteiger partial charge in [-0.1, -0.05) is 12.8 Å². The number of rotatable bonds is 2. The molecule has 1 aliphatic heterocycles. The van der Waals surface area contributed by atoms with Crippen LogP contribution in [0, 0.1) is 12.8 Å². The van der Waals surface area contributed by atoms with Gasteiger partial charge in [-0.15, -0.1) is 0 Å². The molecule has 1 aliphatic carbocycles. The third kappa shape index (κ3) is 2.21. The Hall–Kier alpha value is -1.45. The Morgan fingerprint density at radius 2 is 2.10 bits per heavy atom. The van der Waals surface area contributed by atoms with Gasteiger partial charge in [-0.3, -0.25) is 4.79 Å². The molecule has 2 fully saturated rings. The number of nitrogens with zero attached hydrogens (tertiary/aromatic N) is 3.